The van der Waals surface area contributed by atoms with Crippen LogP contribution in [0.5, 0.6) is 0 Å². The van der Waals surface area contributed by atoms with Crippen LogP contribution in [-0.4, -0.2) is 40.7 Å². The molecule has 122 valence electrons. The third kappa shape index (κ3) is 4.27. The molecule has 3 amide bonds. The van der Waals surface area contributed by atoms with E-state index < -0.39 is 17.7 Å². The number of thiazole rings is 1. The molecule has 0 aliphatic rings. The van der Waals surface area contributed by atoms with Gasteiger partial charge in [0.15, 0.2) is 0 Å². The van der Waals surface area contributed by atoms with E-state index >= 15 is 0 Å². The highest BCUT2D eigenvalue weighted by Crippen LogP contribution is 2.35. The van der Waals surface area contributed by atoms with E-state index in [2.05, 4.69) is 4.98 Å². The predicted octanol–water partition coefficient (Wildman–Crippen LogP) is 1.25. The molecule has 0 saturated carbocycles. The number of halogens is 1. The standard InChI is InChI=1S/C13H13ClN4O3S2/c1-6-11(13(21)18(4-9(15)19)5-10(16)20)23-12(17-6)7-2-3-8(14)22-7/h2-3H,4-5H2,1H3,(H2,15,19)(H2,16,20). The third-order valence-electron chi connectivity index (χ3n) is 2.76. The van der Waals surface area contributed by atoms with E-state index in [-0.39, 0.29) is 13.1 Å². The molecule has 2 heterocycles. The van der Waals surface area contributed by atoms with Gasteiger partial charge in [0.1, 0.15) is 23.0 Å². The zero-order valence-corrected chi connectivity index (χ0v) is 14.4. The Hall–Kier alpha value is -1.97. The summed E-state index contributed by atoms with van der Waals surface area (Å²) in [5.74, 6) is -1.97. The zero-order chi connectivity index (χ0) is 17.1. The maximum atomic E-state index is 12.5. The van der Waals surface area contributed by atoms with Crippen LogP contribution in [0.25, 0.3) is 9.88 Å². The van der Waals surface area contributed by atoms with Crippen molar-refractivity contribution in [3.8, 4) is 9.88 Å². The van der Waals surface area contributed by atoms with Gasteiger partial charge in [-0.3, -0.25) is 14.4 Å². The molecule has 10 heteroatoms. The molecule has 7 nitrogen and oxygen atoms in total. The van der Waals surface area contributed by atoms with Crippen LogP contribution in [0.1, 0.15) is 15.4 Å². The second-order valence-corrected chi connectivity index (χ2v) is 7.35. The summed E-state index contributed by atoms with van der Waals surface area (Å²) in [4.78, 5) is 41.2. The van der Waals surface area contributed by atoms with E-state index in [0.29, 0.717) is 19.9 Å². The number of aromatic nitrogens is 1. The number of thiophene rings is 1. The molecule has 0 bridgehead atoms. The Balaban J connectivity index is 2.31. The Morgan fingerprint density at radius 1 is 1.17 bits per heavy atom. The molecule has 0 aromatic carbocycles. The van der Waals surface area contributed by atoms with Crippen LogP contribution in [0.4, 0.5) is 0 Å². The molecule has 2 rings (SSSR count). The minimum Gasteiger partial charge on any atom is -0.368 e. The van der Waals surface area contributed by atoms with Gasteiger partial charge in [-0.15, -0.1) is 22.7 Å². The summed E-state index contributed by atoms with van der Waals surface area (Å²) in [5, 5.41) is 0.640. The maximum Gasteiger partial charge on any atom is 0.266 e. The SMILES string of the molecule is Cc1nc(-c2ccc(Cl)s2)sc1C(=O)N(CC(N)=O)CC(N)=O. The van der Waals surface area contributed by atoms with E-state index in [9.17, 15) is 14.4 Å². The van der Waals surface area contributed by atoms with Crippen LogP contribution in [0.3, 0.4) is 0 Å². The molecule has 2 aromatic heterocycles. The first-order chi connectivity index (χ1) is 10.8. The van der Waals surface area contributed by atoms with Crippen LogP contribution in [-0.2, 0) is 9.59 Å². The fraction of sp³-hybridized carbons (Fsp3) is 0.231. The fourth-order valence-corrected chi connectivity index (χ4v) is 3.98. The fourth-order valence-electron chi connectivity index (χ4n) is 1.85. The van der Waals surface area contributed by atoms with Crippen molar-refractivity contribution in [2.24, 2.45) is 11.5 Å². The van der Waals surface area contributed by atoms with Gasteiger partial charge < -0.3 is 16.4 Å². The van der Waals surface area contributed by atoms with E-state index in [4.69, 9.17) is 23.1 Å². The van der Waals surface area contributed by atoms with Crippen LogP contribution in [0, 0.1) is 6.92 Å². The van der Waals surface area contributed by atoms with Gasteiger partial charge in [-0.05, 0) is 19.1 Å². The molecule has 0 saturated heterocycles. The number of hydrogen-bond acceptors (Lipinski definition) is 6. The molecular formula is C13H13ClN4O3S2. The number of rotatable bonds is 6. The highest BCUT2D eigenvalue weighted by molar-refractivity contribution is 7.24. The molecule has 0 radical (unpaired) electrons. The number of nitrogens with two attached hydrogens (primary N) is 2. The summed E-state index contributed by atoms with van der Waals surface area (Å²) in [5.41, 5.74) is 10.7. The van der Waals surface area contributed by atoms with Crippen molar-refractivity contribution in [3.63, 3.8) is 0 Å². The minimum atomic E-state index is -0.730. The number of aryl methyl sites for hydroxylation is 1. The lowest BCUT2D eigenvalue weighted by atomic mass is 10.3. The summed E-state index contributed by atoms with van der Waals surface area (Å²) < 4.78 is 0.616. The average molecular weight is 373 g/mol. The molecule has 23 heavy (non-hydrogen) atoms. The van der Waals surface area contributed by atoms with Crippen LogP contribution in [0.2, 0.25) is 4.34 Å². The molecule has 0 atom stereocenters. The first kappa shape index (κ1) is 17.4. The van der Waals surface area contributed by atoms with E-state index in [1.54, 1.807) is 13.0 Å². The highest BCUT2D eigenvalue weighted by Gasteiger charge is 2.24. The van der Waals surface area contributed by atoms with Crippen molar-refractivity contribution in [3.05, 3.63) is 27.0 Å². The van der Waals surface area contributed by atoms with Crippen molar-refractivity contribution in [2.75, 3.05) is 13.1 Å². The lowest BCUT2D eigenvalue weighted by Gasteiger charge is -2.18. The lowest BCUT2D eigenvalue weighted by Crippen LogP contribution is -2.43. The van der Waals surface area contributed by atoms with Gasteiger partial charge >= 0.3 is 0 Å². The quantitative estimate of drug-likeness (QED) is 0.792. The van der Waals surface area contributed by atoms with Crippen molar-refractivity contribution >= 4 is 52.0 Å². The summed E-state index contributed by atoms with van der Waals surface area (Å²) >= 11 is 8.41. The van der Waals surface area contributed by atoms with Gasteiger partial charge in [-0.1, -0.05) is 11.6 Å². The topological polar surface area (TPSA) is 119 Å². The van der Waals surface area contributed by atoms with Crippen molar-refractivity contribution in [2.45, 2.75) is 6.92 Å². The molecule has 0 aliphatic heterocycles. The Bertz CT molecular complexity index is 755. The highest BCUT2D eigenvalue weighted by atomic mass is 35.5. The molecule has 0 fully saturated rings. The van der Waals surface area contributed by atoms with Gasteiger partial charge in [-0.2, -0.15) is 0 Å². The van der Waals surface area contributed by atoms with E-state index in [1.165, 1.54) is 11.3 Å². The van der Waals surface area contributed by atoms with Gasteiger partial charge in [0, 0.05) is 0 Å². The summed E-state index contributed by atoms with van der Waals surface area (Å²) in [6.07, 6.45) is 0. The molecule has 0 unspecified atom stereocenters. The number of primary amides is 2. The second kappa shape index (κ2) is 7.07. The number of nitrogens with zero attached hydrogens (tertiary/aromatic N) is 2. The minimum absolute atomic E-state index is 0.326. The summed E-state index contributed by atoms with van der Waals surface area (Å²) in [6, 6.07) is 3.55. The zero-order valence-electron chi connectivity index (χ0n) is 12.0. The maximum absolute atomic E-state index is 12.5. The van der Waals surface area contributed by atoms with E-state index in [0.717, 1.165) is 21.1 Å². The molecule has 2 aromatic rings. The van der Waals surface area contributed by atoms with Crippen LogP contribution < -0.4 is 11.5 Å². The van der Waals surface area contributed by atoms with Gasteiger partial charge in [0.05, 0.1) is 14.9 Å². The number of amides is 3. The first-order valence-corrected chi connectivity index (χ1v) is 8.38. The molecule has 0 spiro atoms. The van der Waals surface area contributed by atoms with Gasteiger partial charge in [0.2, 0.25) is 11.8 Å². The number of carbonyl (C=O) groups is 3. The predicted molar refractivity (Wildman–Crippen MR) is 89.5 cm³/mol. The van der Waals surface area contributed by atoms with Crippen LogP contribution in [0.15, 0.2) is 12.1 Å². The average Bonchev–Trinajstić information content (AvgIpc) is 3.02. The summed E-state index contributed by atoms with van der Waals surface area (Å²) in [7, 11) is 0. The Morgan fingerprint density at radius 2 is 1.78 bits per heavy atom. The number of carbonyl (C=O) groups excluding carboxylic acids is 3. The monoisotopic (exact) mass is 372 g/mol. The van der Waals surface area contributed by atoms with Gasteiger partial charge in [0.25, 0.3) is 5.91 Å². The molecule has 4 N–H and O–H groups in total. The Kier molecular flexibility index (Phi) is 5.34. The Labute approximate surface area is 144 Å². The normalized spacial score (nSPS) is 10.5. The van der Waals surface area contributed by atoms with Crippen molar-refractivity contribution in [1.29, 1.82) is 0 Å². The van der Waals surface area contributed by atoms with Crippen molar-refractivity contribution in [1.82, 2.24) is 9.88 Å². The second-order valence-electron chi connectivity index (χ2n) is 4.63. The van der Waals surface area contributed by atoms with Crippen molar-refractivity contribution < 1.29 is 14.4 Å². The summed E-state index contributed by atoms with van der Waals surface area (Å²) in [6.45, 7) is 0.897. The lowest BCUT2D eigenvalue weighted by molar-refractivity contribution is -0.121. The molecular weight excluding hydrogens is 360 g/mol. The first-order valence-electron chi connectivity index (χ1n) is 6.37. The number of hydrogen-bond donors (Lipinski definition) is 2. The third-order valence-corrected chi connectivity index (χ3v) is 5.30. The van der Waals surface area contributed by atoms with E-state index in [1.807, 2.05) is 6.07 Å². The van der Waals surface area contributed by atoms with Gasteiger partial charge in [-0.25, -0.2) is 4.98 Å². The molecule has 0 aliphatic carbocycles. The smallest absolute Gasteiger partial charge is 0.266 e. The largest absolute Gasteiger partial charge is 0.368 e. The van der Waals surface area contributed by atoms with Crippen LogP contribution >= 0.6 is 34.3 Å². The Morgan fingerprint density at radius 3 is 2.26 bits per heavy atom.